The molecule has 5 aromatic carbocycles. The summed E-state index contributed by atoms with van der Waals surface area (Å²) in [5, 5.41) is 8.69. The van der Waals surface area contributed by atoms with Gasteiger partial charge in [-0.05, 0) is 176 Å². The summed E-state index contributed by atoms with van der Waals surface area (Å²) in [5.41, 5.74) is 2.12. The minimum Gasteiger partial charge on any atom is -0.481 e. The summed E-state index contributed by atoms with van der Waals surface area (Å²) < 4.78 is 172. The Morgan fingerprint density at radius 3 is 1.17 bits per heavy atom. The monoisotopic (exact) mass is 1330 g/mol. The van der Waals surface area contributed by atoms with Gasteiger partial charge in [-0.15, -0.1) is 0 Å². The molecule has 5 aromatic rings. The molecule has 9 rings (SSSR count). The summed E-state index contributed by atoms with van der Waals surface area (Å²) >= 11 is 0. The van der Waals surface area contributed by atoms with Crippen LogP contribution in [-0.2, 0) is 63.1 Å². The minimum atomic E-state index is -5.02. The molecule has 27 heteroatoms. The number of hydrogen-bond acceptors (Lipinski definition) is 9. The first kappa shape index (κ1) is 70.7. The van der Waals surface area contributed by atoms with Crippen molar-refractivity contribution in [1.29, 1.82) is 0 Å². The van der Waals surface area contributed by atoms with Gasteiger partial charge in [0, 0.05) is 124 Å². The number of piperazine rings is 2. The van der Waals surface area contributed by atoms with Crippen molar-refractivity contribution in [2.45, 2.75) is 108 Å². The number of carbonyl (C=O) groups is 8. The average molecular weight is 1330 g/mol. The highest BCUT2D eigenvalue weighted by Crippen LogP contribution is 2.40. The van der Waals surface area contributed by atoms with Crippen LogP contribution in [0.1, 0.15) is 156 Å². The molecule has 94 heavy (non-hydrogen) atoms. The molecule has 0 aromatic heterocycles. The van der Waals surface area contributed by atoms with Crippen LogP contribution in [0.15, 0.2) is 102 Å². The Morgan fingerprint density at radius 1 is 0.447 bits per heavy atom. The first-order chi connectivity index (χ1) is 44.1. The highest BCUT2D eigenvalue weighted by Gasteiger charge is 2.39. The molecule has 0 saturated carbocycles. The summed E-state index contributed by atoms with van der Waals surface area (Å²) in [4.78, 5) is 107. The Hall–Kier alpha value is -9.17. The van der Waals surface area contributed by atoms with Gasteiger partial charge in [-0.2, -0.15) is 52.7 Å². The summed E-state index contributed by atoms with van der Waals surface area (Å²) in [7, 11) is 0. The van der Waals surface area contributed by atoms with Crippen molar-refractivity contribution in [2.24, 2.45) is 0 Å². The zero-order chi connectivity index (χ0) is 68.6. The molecule has 2 aliphatic heterocycles. The van der Waals surface area contributed by atoms with E-state index in [0.29, 0.717) is 117 Å². The van der Waals surface area contributed by atoms with Gasteiger partial charge in [0.15, 0.2) is 11.6 Å². The van der Waals surface area contributed by atoms with E-state index in [9.17, 15) is 95.4 Å². The molecule has 0 bridgehead atoms. The fourth-order valence-electron chi connectivity index (χ4n) is 11.4. The van der Waals surface area contributed by atoms with Crippen LogP contribution in [0.3, 0.4) is 0 Å². The highest BCUT2D eigenvalue weighted by molar-refractivity contribution is 6.14. The van der Waals surface area contributed by atoms with E-state index in [0.717, 1.165) is 12.2 Å². The van der Waals surface area contributed by atoms with E-state index >= 15 is 0 Å². The molecule has 4 amide bonds. The summed E-state index contributed by atoms with van der Waals surface area (Å²) in [5.74, 6) is -3.33. The largest absolute Gasteiger partial charge is 0.481 e. The molecule has 0 unspecified atom stereocenters. The number of fused-ring (bicyclic) bond motifs is 2. The molecule has 2 aliphatic carbocycles. The van der Waals surface area contributed by atoms with Gasteiger partial charge in [0.05, 0.1) is 22.3 Å². The van der Waals surface area contributed by atoms with Gasteiger partial charge in [-0.1, -0.05) is 6.07 Å². The number of aliphatic carboxylic acids is 1. The van der Waals surface area contributed by atoms with Crippen LogP contribution in [0, 0.1) is 5.82 Å². The van der Waals surface area contributed by atoms with Gasteiger partial charge in [-0.3, -0.25) is 38.4 Å². The van der Waals surface area contributed by atoms with Crippen molar-refractivity contribution in [3.8, 4) is 0 Å². The molecule has 2 fully saturated rings. The lowest BCUT2D eigenvalue weighted by Crippen LogP contribution is -2.50. The lowest BCUT2D eigenvalue weighted by Gasteiger charge is -2.35. The molecule has 500 valence electrons. The van der Waals surface area contributed by atoms with E-state index in [1.807, 2.05) is 0 Å². The number of nitrogens with two attached hydrogens (primary N) is 1. The summed E-state index contributed by atoms with van der Waals surface area (Å²) in [6.45, 7) is 2.43. The second-order valence-electron chi connectivity index (χ2n) is 23.1. The van der Waals surface area contributed by atoms with Crippen LogP contribution in [0.5, 0.6) is 0 Å². The van der Waals surface area contributed by atoms with Crippen molar-refractivity contribution >= 4 is 64.8 Å². The number of nitrogen functional groups attached to an aromatic ring is 1. The smallest absolute Gasteiger partial charge is 0.416 e. The minimum absolute atomic E-state index is 0.00182. The van der Waals surface area contributed by atoms with Crippen LogP contribution in [0.2, 0.25) is 0 Å². The fourth-order valence-corrected chi connectivity index (χ4v) is 11.4. The number of rotatable bonds is 16. The number of carboxylic acid groups (broad SMARTS) is 1. The molecule has 0 radical (unpaired) electrons. The number of anilines is 1. The maximum Gasteiger partial charge on any atom is 0.416 e. The Labute approximate surface area is 529 Å². The van der Waals surface area contributed by atoms with Gasteiger partial charge >= 0.3 is 30.7 Å². The van der Waals surface area contributed by atoms with Gasteiger partial charge in [0.25, 0.3) is 11.8 Å². The second kappa shape index (κ2) is 29.4. The van der Waals surface area contributed by atoms with Gasteiger partial charge < -0.3 is 30.4 Å². The fraction of sp³-hybridized carbons (Fsp3) is 0.373. The number of unbranched alkanes of at least 4 members (excludes halogenated alkanes) is 2. The van der Waals surface area contributed by atoms with E-state index in [4.69, 9.17) is 10.8 Å². The highest BCUT2D eigenvalue weighted by atomic mass is 19.4. The van der Waals surface area contributed by atoms with Gasteiger partial charge in [-0.25, -0.2) is 4.39 Å². The Kier molecular flexibility index (Phi) is 22.1. The Morgan fingerprint density at radius 2 is 0.809 bits per heavy atom. The first-order valence-corrected chi connectivity index (χ1v) is 29.9. The number of benzene rings is 5. The second-order valence-corrected chi connectivity index (χ2v) is 23.1. The number of ketones is 3. The van der Waals surface area contributed by atoms with Crippen molar-refractivity contribution in [2.75, 3.05) is 58.1 Å². The molecular weight excluding hydrogens is 1270 g/mol. The summed E-state index contributed by atoms with van der Waals surface area (Å²) in [6, 6.07) is 15.1. The lowest BCUT2D eigenvalue weighted by molar-refractivity contribution is -0.144. The predicted molar refractivity (Wildman–Crippen MR) is 316 cm³/mol. The molecule has 3 N–H and O–H groups in total. The number of nitrogens with zero attached hydrogens (tertiary/aromatic N) is 4. The third-order valence-corrected chi connectivity index (χ3v) is 16.5. The third-order valence-electron chi connectivity index (χ3n) is 16.5. The zero-order valence-electron chi connectivity index (χ0n) is 50.2. The zero-order valence-corrected chi connectivity index (χ0v) is 50.2. The third kappa shape index (κ3) is 18.4. The first-order valence-electron chi connectivity index (χ1n) is 29.9. The molecule has 2 heterocycles. The average Bonchev–Trinajstić information content (AvgIpc) is 0.824. The normalized spacial score (nSPS) is 16.4. The predicted octanol–water partition coefficient (Wildman–Crippen LogP) is 13.2. The van der Waals surface area contributed by atoms with Crippen molar-refractivity contribution < 1.29 is 101 Å². The maximum atomic E-state index is 13.3. The molecule has 0 atom stereocenters. The number of halogens is 13. The lowest BCUT2D eigenvalue weighted by atomic mass is 9.84. The van der Waals surface area contributed by atoms with Gasteiger partial charge in [0.1, 0.15) is 11.6 Å². The van der Waals surface area contributed by atoms with Crippen molar-refractivity contribution in [3.05, 3.63) is 180 Å². The number of aryl methyl sites for hydroxylation is 2. The molecule has 4 aliphatic rings. The van der Waals surface area contributed by atoms with Crippen LogP contribution >= 0.6 is 0 Å². The van der Waals surface area contributed by atoms with E-state index in [2.05, 4.69) is 0 Å². The molecule has 0 spiro atoms. The summed E-state index contributed by atoms with van der Waals surface area (Å²) in [6.07, 6.45) is -14.7. The maximum absolute atomic E-state index is 13.3. The van der Waals surface area contributed by atoms with Crippen molar-refractivity contribution in [1.82, 2.24) is 19.6 Å². The van der Waals surface area contributed by atoms with Crippen LogP contribution in [0.25, 0.3) is 12.2 Å². The molecule has 14 nitrogen and oxygen atoms in total. The number of allylic oxidation sites excluding steroid dienone is 2. The van der Waals surface area contributed by atoms with E-state index in [-0.39, 0.29) is 140 Å². The Bertz CT molecular complexity index is 3750. The van der Waals surface area contributed by atoms with E-state index < -0.39 is 81.4 Å². The Balaban J connectivity index is 0.000000245. The van der Waals surface area contributed by atoms with Crippen LogP contribution in [0.4, 0.5) is 62.8 Å². The van der Waals surface area contributed by atoms with Crippen LogP contribution in [-0.4, -0.2) is 124 Å². The van der Waals surface area contributed by atoms with E-state index in [1.54, 1.807) is 31.7 Å². The number of hydrogen-bond donors (Lipinski definition) is 2. The standard InChI is InChI=1S/C37H34F7N3O4.C30H28F6N2O5/c38-29-9-7-24(32(45)21-29)19-30(48)3-1-2-4-33(49)46-11-13-47(14-12-46)35(51)26-8-10-31-23(18-26)5-6-25(34(31)50)15-22-16-27(36(39,40)41)20-28(17-22)37(42,43)44;31-29(32,33)22-14-18(15-23(17-22)30(34,35)36)13-20-6-5-19-16-21(7-8-24(19)27(20)42)28(43)38-11-9-37(10-12-38)25(39)3-1-2-4-26(40)41/h7-10,15-18,20-21H,1-6,11-14,19,45H2;7-8,13-17H,1-6,9-12H2,(H,40,41)/b25-15+;20-13+. The number of Topliss-reactive ketones (excluding diaryl/α,β-unsaturated/α-hetero) is 3. The van der Waals surface area contributed by atoms with Crippen LogP contribution < -0.4 is 5.73 Å². The number of carboxylic acids is 1. The SMILES string of the molecule is Nc1cc(F)ccc1CC(=O)CCCCC(=O)N1CCN(C(=O)c2ccc3c(c2)CC/C(=C\c2cc(C(F)(F)F)cc(C(F)(F)F)c2)C3=O)CC1.O=C(O)CCCCC(=O)N1CCN(C(=O)c2ccc3c(c2)CC/C(=C\c2cc(C(F)(F)F)cc(C(F)(F)F)c2)C3=O)CC1. The quantitative estimate of drug-likeness (QED) is 0.0415. The van der Waals surface area contributed by atoms with Gasteiger partial charge in [0.2, 0.25) is 11.8 Å². The number of alkyl halides is 12. The molecular formula is C67H62F13N5O9. The number of amides is 4. The topological polar surface area (TPSA) is 196 Å². The van der Waals surface area contributed by atoms with Crippen molar-refractivity contribution in [3.63, 3.8) is 0 Å². The molecule has 2 saturated heterocycles. The van der Waals surface area contributed by atoms with E-state index in [1.165, 1.54) is 42.5 Å². The number of carbonyl (C=O) groups excluding carboxylic acids is 7.